The number of nitrogens with zero attached hydrogens (tertiary/aromatic N) is 4. The minimum Gasteiger partial charge on any atom is -0.485 e. The van der Waals surface area contributed by atoms with Gasteiger partial charge in [0.2, 0.25) is 11.1 Å². The minimum atomic E-state index is -0.311. The van der Waals surface area contributed by atoms with Gasteiger partial charge in [-0.05, 0) is 30.0 Å². The maximum atomic E-state index is 11.6. The molecule has 11 heteroatoms. The molecule has 1 atom stereocenters. The summed E-state index contributed by atoms with van der Waals surface area (Å²) in [7, 11) is 0. The molecular weight excluding hydrogens is 485 g/mol. The van der Waals surface area contributed by atoms with E-state index < -0.39 is 0 Å². The van der Waals surface area contributed by atoms with Gasteiger partial charge in [-0.1, -0.05) is 65.2 Å². The minimum absolute atomic E-state index is 0.106. The van der Waals surface area contributed by atoms with Crippen LogP contribution >= 0.6 is 35.0 Å². The van der Waals surface area contributed by atoms with E-state index in [0.29, 0.717) is 33.2 Å². The molecule has 2 heterocycles. The van der Waals surface area contributed by atoms with Gasteiger partial charge in [0.15, 0.2) is 11.9 Å². The van der Waals surface area contributed by atoms with Crippen LogP contribution in [0.5, 0.6) is 5.75 Å². The van der Waals surface area contributed by atoms with E-state index in [2.05, 4.69) is 20.8 Å². The predicted octanol–water partition coefficient (Wildman–Crippen LogP) is 5.23. The van der Waals surface area contributed by atoms with Crippen LogP contribution in [-0.2, 0) is 16.2 Å². The van der Waals surface area contributed by atoms with Crippen molar-refractivity contribution in [3.63, 3.8) is 0 Å². The molecule has 1 N–H and O–H groups in total. The predicted molar refractivity (Wildman–Crippen MR) is 129 cm³/mol. The highest BCUT2D eigenvalue weighted by Gasteiger charge is 2.27. The Kier molecular flexibility index (Phi) is 7.42. The summed E-state index contributed by atoms with van der Waals surface area (Å²) in [5, 5.41) is 14.3. The number of carbonyl (C=O) groups excluding carboxylic acids is 1. The van der Waals surface area contributed by atoms with Crippen molar-refractivity contribution < 1.29 is 14.4 Å². The Hall–Kier alpha value is -2.75. The Bertz CT molecular complexity index is 1200. The second-order valence-corrected chi connectivity index (χ2v) is 9.20. The van der Waals surface area contributed by atoms with Crippen molar-refractivity contribution in [3.05, 3.63) is 69.5 Å². The SMILES string of the molecule is CCSc1nnc(COc2ccccc2C2=NOC(c3ccc(Cl)cc3Cl)C2)n1NC(C)=O. The van der Waals surface area contributed by atoms with Crippen LogP contribution in [0.25, 0.3) is 0 Å². The van der Waals surface area contributed by atoms with Crippen molar-refractivity contribution in [2.45, 2.75) is 38.1 Å². The molecule has 0 saturated heterocycles. The lowest BCUT2D eigenvalue weighted by Crippen LogP contribution is -2.24. The molecule has 0 aliphatic carbocycles. The number of para-hydroxylation sites is 1. The number of amides is 1. The first-order valence-corrected chi connectivity index (χ1v) is 11.9. The fourth-order valence-electron chi connectivity index (χ4n) is 3.33. The monoisotopic (exact) mass is 505 g/mol. The van der Waals surface area contributed by atoms with Crippen LogP contribution in [0.2, 0.25) is 10.0 Å². The Morgan fingerprint density at radius 3 is 2.85 bits per heavy atom. The fraction of sp³-hybridized carbons (Fsp3) is 0.273. The van der Waals surface area contributed by atoms with Gasteiger partial charge in [0.25, 0.3) is 0 Å². The van der Waals surface area contributed by atoms with Gasteiger partial charge in [-0.3, -0.25) is 10.2 Å². The van der Waals surface area contributed by atoms with Crippen molar-refractivity contribution >= 4 is 46.6 Å². The number of nitrogens with one attached hydrogen (secondary N) is 1. The number of benzene rings is 2. The smallest absolute Gasteiger partial charge is 0.235 e. The zero-order valence-corrected chi connectivity index (χ0v) is 20.2. The fourth-order valence-corrected chi connectivity index (χ4v) is 4.49. The molecule has 33 heavy (non-hydrogen) atoms. The molecular formula is C22H21Cl2N5O3S. The average molecular weight is 506 g/mol. The van der Waals surface area contributed by atoms with Crippen molar-refractivity contribution in [1.82, 2.24) is 14.9 Å². The third kappa shape index (κ3) is 5.43. The van der Waals surface area contributed by atoms with Gasteiger partial charge in [0.05, 0.1) is 5.71 Å². The van der Waals surface area contributed by atoms with Gasteiger partial charge in [0, 0.05) is 34.5 Å². The Morgan fingerprint density at radius 2 is 2.09 bits per heavy atom. The van der Waals surface area contributed by atoms with E-state index in [-0.39, 0.29) is 18.6 Å². The number of aromatic nitrogens is 3. The molecule has 2 aromatic carbocycles. The Labute approximate surface area is 205 Å². The number of oxime groups is 1. The van der Waals surface area contributed by atoms with Crippen LogP contribution in [0.15, 0.2) is 52.8 Å². The molecule has 1 amide bonds. The maximum Gasteiger partial charge on any atom is 0.235 e. The lowest BCUT2D eigenvalue weighted by molar-refractivity contribution is -0.115. The summed E-state index contributed by atoms with van der Waals surface area (Å²) < 4.78 is 7.62. The van der Waals surface area contributed by atoms with E-state index in [4.69, 9.17) is 32.8 Å². The van der Waals surface area contributed by atoms with Crippen LogP contribution in [0.4, 0.5) is 0 Å². The highest BCUT2D eigenvalue weighted by molar-refractivity contribution is 7.99. The van der Waals surface area contributed by atoms with E-state index in [0.717, 1.165) is 22.6 Å². The largest absolute Gasteiger partial charge is 0.485 e. The van der Waals surface area contributed by atoms with Gasteiger partial charge in [-0.25, -0.2) is 4.68 Å². The van der Waals surface area contributed by atoms with E-state index in [1.54, 1.807) is 16.8 Å². The van der Waals surface area contributed by atoms with Crippen LogP contribution < -0.4 is 10.2 Å². The van der Waals surface area contributed by atoms with Crippen LogP contribution in [-0.4, -0.2) is 32.2 Å². The quantitative estimate of drug-likeness (QED) is 0.421. The molecule has 4 rings (SSSR count). The van der Waals surface area contributed by atoms with Crippen molar-refractivity contribution in [3.8, 4) is 5.75 Å². The van der Waals surface area contributed by atoms with Crippen LogP contribution in [0, 0.1) is 0 Å². The number of rotatable bonds is 8. The second kappa shape index (κ2) is 10.5. The maximum absolute atomic E-state index is 11.6. The first-order valence-electron chi connectivity index (χ1n) is 10.2. The molecule has 0 saturated carbocycles. The third-order valence-electron chi connectivity index (χ3n) is 4.78. The number of hydrogen-bond donors (Lipinski definition) is 1. The summed E-state index contributed by atoms with van der Waals surface area (Å²) in [5.74, 6) is 1.66. The molecule has 3 aromatic rings. The van der Waals surface area contributed by atoms with Crippen molar-refractivity contribution in [1.29, 1.82) is 0 Å². The van der Waals surface area contributed by atoms with Crippen molar-refractivity contribution in [2.75, 3.05) is 11.2 Å². The number of ether oxygens (including phenoxy) is 1. The normalized spacial score (nSPS) is 15.2. The average Bonchev–Trinajstić information content (AvgIpc) is 3.40. The molecule has 0 bridgehead atoms. The summed E-state index contributed by atoms with van der Waals surface area (Å²) in [5.41, 5.74) is 5.10. The standard InChI is InChI=1S/C22H21Cl2N5O3S/c1-3-33-22-26-25-21(29(22)27-13(2)30)12-31-19-7-5-4-6-16(19)18-11-20(32-28-18)15-9-8-14(23)10-17(15)24/h4-10,20H,3,11-12H2,1-2H3,(H,27,30). The molecule has 1 aliphatic rings. The Balaban J connectivity index is 1.51. The molecule has 0 fully saturated rings. The number of halogens is 2. The summed E-state index contributed by atoms with van der Waals surface area (Å²) in [4.78, 5) is 17.3. The summed E-state index contributed by atoms with van der Waals surface area (Å²) in [6.07, 6.45) is 0.218. The van der Waals surface area contributed by atoms with Gasteiger partial charge < -0.3 is 9.57 Å². The molecule has 8 nitrogen and oxygen atoms in total. The van der Waals surface area contributed by atoms with Gasteiger partial charge >= 0.3 is 0 Å². The summed E-state index contributed by atoms with van der Waals surface area (Å²) >= 11 is 13.8. The molecule has 0 radical (unpaired) electrons. The van der Waals surface area contributed by atoms with Gasteiger partial charge in [-0.2, -0.15) is 0 Å². The van der Waals surface area contributed by atoms with E-state index in [9.17, 15) is 4.79 Å². The van der Waals surface area contributed by atoms with Crippen LogP contribution in [0.1, 0.15) is 43.3 Å². The van der Waals surface area contributed by atoms with Crippen LogP contribution in [0.3, 0.4) is 0 Å². The number of carbonyl (C=O) groups is 1. The van der Waals surface area contributed by atoms with Gasteiger partial charge in [-0.15, -0.1) is 10.2 Å². The summed E-state index contributed by atoms with van der Waals surface area (Å²) in [6, 6.07) is 12.9. The number of thioether (sulfide) groups is 1. The first kappa shape index (κ1) is 23.4. The van der Waals surface area contributed by atoms with Gasteiger partial charge in [0.1, 0.15) is 12.4 Å². The lowest BCUT2D eigenvalue weighted by Gasteiger charge is -2.13. The van der Waals surface area contributed by atoms with E-state index in [1.165, 1.54) is 18.7 Å². The first-order chi connectivity index (χ1) is 16.0. The third-order valence-corrected chi connectivity index (χ3v) is 6.15. The second-order valence-electron chi connectivity index (χ2n) is 7.12. The van der Waals surface area contributed by atoms with Crippen molar-refractivity contribution in [2.24, 2.45) is 5.16 Å². The number of hydrogen-bond acceptors (Lipinski definition) is 7. The molecule has 0 spiro atoms. The topological polar surface area (TPSA) is 90.6 Å². The molecule has 1 unspecified atom stereocenters. The molecule has 1 aromatic heterocycles. The Morgan fingerprint density at radius 1 is 1.27 bits per heavy atom. The molecule has 172 valence electrons. The van der Waals surface area contributed by atoms with E-state index >= 15 is 0 Å². The lowest BCUT2D eigenvalue weighted by atomic mass is 9.99. The zero-order valence-electron chi connectivity index (χ0n) is 17.9. The highest BCUT2D eigenvalue weighted by atomic mass is 35.5. The highest BCUT2D eigenvalue weighted by Crippen LogP contribution is 2.36. The molecule has 1 aliphatic heterocycles. The van der Waals surface area contributed by atoms with E-state index in [1.807, 2.05) is 37.3 Å². The zero-order chi connectivity index (χ0) is 23.4. The summed E-state index contributed by atoms with van der Waals surface area (Å²) in [6.45, 7) is 3.54.